The summed E-state index contributed by atoms with van der Waals surface area (Å²) in [5.41, 5.74) is 7.56. The summed E-state index contributed by atoms with van der Waals surface area (Å²) < 4.78 is 23.1. The third-order valence-corrected chi connectivity index (χ3v) is 4.48. The van der Waals surface area contributed by atoms with Crippen LogP contribution in [-0.4, -0.2) is 27.7 Å². The van der Waals surface area contributed by atoms with Crippen LogP contribution in [0.3, 0.4) is 0 Å². The fraction of sp³-hybridized carbons (Fsp3) is 0.417. The zero-order chi connectivity index (χ0) is 12.5. The topological polar surface area (TPSA) is 78.3 Å². The van der Waals surface area contributed by atoms with E-state index < -0.39 is 10.8 Å². The minimum absolute atomic E-state index is 0.0239. The van der Waals surface area contributed by atoms with Crippen LogP contribution in [0.2, 0.25) is 0 Å². The van der Waals surface area contributed by atoms with Gasteiger partial charge in [0.2, 0.25) is 0 Å². The Hall–Kier alpha value is -1.40. The van der Waals surface area contributed by atoms with Gasteiger partial charge in [-0.05, 0) is 31.0 Å². The monoisotopic (exact) mass is 266 g/mol. The number of nitrogens with zero attached hydrogens (tertiary/aromatic N) is 1. The molecule has 18 heavy (non-hydrogen) atoms. The van der Waals surface area contributed by atoms with Gasteiger partial charge in [-0.2, -0.15) is 0 Å². The van der Waals surface area contributed by atoms with Crippen molar-refractivity contribution < 1.29 is 13.4 Å². The van der Waals surface area contributed by atoms with E-state index in [1.807, 2.05) is 0 Å². The lowest BCUT2D eigenvalue weighted by Crippen LogP contribution is -2.27. The molecule has 2 aromatic rings. The van der Waals surface area contributed by atoms with Gasteiger partial charge < -0.3 is 14.9 Å². The van der Waals surface area contributed by atoms with Crippen LogP contribution in [0, 0.1) is 0 Å². The Morgan fingerprint density at radius 3 is 3.11 bits per heavy atom. The highest BCUT2D eigenvalue weighted by atomic mass is 32.2. The average Bonchev–Trinajstić information content (AvgIpc) is 2.81. The van der Waals surface area contributed by atoms with Crippen LogP contribution in [0.15, 0.2) is 27.8 Å². The summed E-state index contributed by atoms with van der Waals surface area (Å²) in [6.07, 6.45) is 1.82. The summed E-state index contributed by atoms with van der Waals surface area (Å²) in [6.45, 7) is 1.26. The summed E-state index contributed by atoms with van der Waals surface area (Å²) in [5.74, 6) is 0. The largest absolute Gasteiger partial charge is 0.430 e. The fourth-order valence-corrected chi connectivity index (χ4v) is 3.28. The first-order valence-corrected chi connectivity index (χ1v) is 7.10. The van der Waals surface area contributed by atoms with Crippen LogP contribution in [-0.2, 0) is 15.5 Å². The lowest BCUT2D eigenvalue weighted by Gasteiger charge is -2.19. The predicted molar refractivity (Wildman–Crippen MR) is 68.7 cm³/mol. The SMILES string of the molecule is Nc1ccc2oc(S(=O)C3CCCOC3)nc2c1. The first-order chi connectivity index (χ1) is 8.74. The van der Waals surface area contributed by atoms with E-state index in [0.29, 0.717) is 23.4 Å². The second-order valence-corrected chi connectivity index (χ2v) is 5.95. The number of hydrogen-bond donors (Lipinski definition) is 1. The van der Waals surface area contributed by atoms with Gasteiger partial charge in [0.25, 0.3) is 5.22 Å². The molecule has 1 aromatic carbocycles. The van der Waals surface area contributed by atoms with E-state index in [2.05, 4.69) is 4.98 Å². The molecule has 2 heterocycles. The summed E-state index contributed by atoms with van der Waals surface area (Å²) in [6, 6.07) is 5.20. The number of rotatable bonds is 2. The van der Waals surface area contributed by atoms with Crippen LogP contribution in [0.1, 0.15) is 12.8 Å². The van der Waals surface area contributed by atoms with E-state index in [4.69, 9.17) is 14.9 Å². The van der Waals surface area contributed by atoms with Crippen LogP contribution in [0.4, 0.5) is 5.69 Å². The van der Waals surface area contributed by atoms with Crippen molar-refractivity contribution in [2.45, 2.75) is 23.3 Å². The smallest absolute Gasteiger partial charge is 0.288 e. The van der Waals surface area contributed by atoms with E-state index in [1.165, 1.54) is 0 Å². The van der Waals surface area contributed by atoms with Gasteiger partial charge in [-0.3, -0.25) is 0 Å². The van der Waals surface area contributed by atoms with Crippen molar-refractivity contribution in [3.63, 3.8) is 0 Å². The maximum absolute atomic E-state index is 12.3. The molecule has 5 nitrogen and oxygen atoms in total. The minimum Gasteiger partial charge on any atom is -0.430 e. The Balaban J connectivity index is 1.91. The Kier molecular flexibility index (Phi) is 3.05. The predicted octanol–water partition coefficient (Wildman–Crippen LogP) is 1.70. The number of anilines is 1. The lowest BCUT2D eigenvalue weighted by atomic mass is 10.2. The Morgan fingerprint density at radius 1 is 1.44 bits per heavy atom. The van der Waals surface area contributed by atoms with Crippen LogP contribution >= 0.6 is 0 Å². The van der Waals surface area contributed by atoms with Gasteiger partial charge in [-0.25, -0.2) is 9.19 Å². The summed E-state index contributed by atoms with van der Waals surface area (Å²) >= 11 is 0. The molecule has 1 saturated heterocycles. The Labute approximate surface area is 107 Å². The molecule has 2 N–H and O–H groups in total. The van der Waals surface area contributed by atoms with Crippen molar-refractivity contribution in [2.75, 3.05) is 18.9 Å². The number of nitrogen functional groups attached to an aromatic ring is 1. The molecular weight excluding hydrogens is 252 g/mol. The van der Waals surface area contributed by atoms with E-state index >= 15 is 0 Å². The molecule has 96 valence electrons. The van der Waals surface area contributed by atoms with Gasteiger partial charge >= 0.3 is 0 Å². The molecule has 0 amide bonds. The molecule has 1 fully saturated rings. The summed E-state index contributed by atoms with van der Waals surface area (Å²) in [5, 5.41) is 0.246. The van der Waals surface area contributed by atoms with E-state index in [9.17, 15) is 4.21 Å². The standard InChI is InChI=1S/C12H14N2O3S/c13-8-3-4-11-10(6-8)14-12(17-11)18(15)9-2-1-5-16-7-9/h3-4,6,9H,1-2,5,7,13H2. The third kappa shape index (κ3) is 2.13. The number of aromatic nitrogens is 1. The van der Waals surface area contributed by atoms with Crippen molar-refractivity contribution in [1.29, 1.82) is 0 Å². The maximum Gasteiger partial charge on any atom is 0.288 e. The minimum atomic E-state index is -1.25. The molecule has 2 atom stereocenters. The zero-order valence-corrected chi connectivity index (χ0v) is 10.6. The lowest BCUT2D eigenvalue weighted by molar-refractivity contribution is 0.0999. The van der Waals surface area contributed by atoms with Gasteiger partial charge in [0, 0.05) is 12.3 Å². The Bertz CT molecular complexity index is 590. The van der Waals surface area contributed by atoms with Gasteiger partial charge in [0.05, 0.1) is 11.9 Å². The number of benzene rings is 1. The van der Waals surface area contributed by atoms with Gasteiger partial charge in [-0.15, -0.1) is 0 Å². The van der Waals surface area contributed by atoms with E-state index in [1.54, 1.807) is 18.2 Å². The van der Waals surface area contributed by atoms with Gasteiger partial charge in [0.1, 0.15) is 16.3 Å². The zero-order valence-electron chi connectivity index (χ0n) is 9.80. The van der Waals surface area contributed by atoms with E-state index in [-0.39, 0.29) is 10.5 Å². The molecule has 0 radical (unpaired) electrons. The molecule has 3 rings (SSSR count). The number of ether oxygens (including phenoxy) is 1. The number of fused-ring (bicyclic) bond motifs is 1. The first-order valence-electron chi connectivity index (χ1n) is 5.88. The van der Waals surface area contributed by atoms with Crippen molar-refractivity contribution in [1.82, 2.24) is 4.98 Å². The molecule has 1 aliphatic heterocycles. The Morgan fingerprint density at radius 2 is 2.33 bits per heavy atom. The highest BCUT2D eigenvalue weighted by Crippen LogP contribution is 2.23. The quantitative estimate of drug-likeness (QED) is 0.837. The number of oxazole rings is 1. The van der Waals surface area contributed by atoms with Crippen molar-refractivity contribution in [3.05, 3.63) is 18.2 Å². The molecule has 0 spiro atoms. The van der Waals surface area contributed by atoms with Crippen molar-refractivity contribution in [3.8, 4) is 0 Å². The van der Waals surface area contributed by atoms with Crippen molar-refractivity contribution >= 4 is 27.6 Å². The summed E-state index contributed by atoms with van der Waals surface area (Å²) in [7, 11) is -1.25. The van der Waals surface area contributed by atoms with Gasteiger partial charge in [-0.1, -0.05) is 0 Å². The molecule has 1 aliphatic rings. The highest BCUT2D eigenvalue weighted by molar-refractivity contribution is 7.85. The molecule has 2 unspecified atom stereocenters. The van der Waals surface area contributed by atoms with E-state index in [0.717, 1.165) is 19.4 Å². The average molecular weight is 266 g/mol. The molecule has 0 aliphatic carbocycles. The number of hydrogen-bond acceptors (Lipinski definition) is 5. The van der Waals surface area contributed by atoms with Crippen molar-refractivity contribution in [2.24, 2.45) is 0 Å². The van der Waals surface area contributed by atoms with Gasteiger partial charge in [0.15, 0.2) is 5.58 Å². The molecule has 6 heteroatoms. The fourth-order valence-electron chi connectivity index (χ4n) is 2.03. The molecule has 1 aromatic heterocycles. The third-order valence-electron chi connectivity index (χ3n) is 2.99. The molecule has 0 saturated carbocycles. The first kappa shape index (κ1) is 11.7. The summed E-state index contributed by atoms with van der Waals surface area (Å²) in [4.78, 5) is 4.25. The maximum atomic E-state index is 12.3. The molecular formula is C12H14N2O3S. The highest BCUT2D eigenvalue weighted by Gasteiger charge is 2.25. The van der Waals surface area contributed by atoms with Crippen LogP contribution in [0.5, 0.6) is 0 Å². The molecule has 0 bridgehead atoms. The second-order valence-electron chi connectivity index (χ2n) is 4.34. The second kappa shape index (κ2) is 4.70. The normalized spacial score (nSPS) is 22.1. The number of nitrogens with two attached hydrogens (primary N) is 1. The van der Waals surface area contributed by atoms with Crippen LogP contribution in [0.25, 0.3) is 11.1 Å². The van der Waals surface area contributed by atoms with Crippen LogP contribution < -0.4 is 5.73 Å².